The zero-order valence-corrected chi connectivity index (χ0v) is 12.1. The Bertz CT molecular complexity index is 640. The van der Waals surface area contributed by atoms with Crippen molar-refractivity contribution in [3.8, 4) is 5.75 Å². The van der Waals surface area contributed by atoms with Crippen molar-refractivity contribution in [3.05, 3.63) is 64.4 Å². The van der Waals surface area contributed by atoms with Crippen molar-refractivity contribution >= 4 is 17.6 Å². The van der Waals surface area contributed by atoms with Crippen LogP contribution in [-0.4, -0.2) is 17.2 Å². The summed E-state index contributed by atoms with van der Waals surface area (Å²) in [7, 11) is 0. The molecule has 21 heavy (non-hydrogen) atoms. The minimum Gasteiger partial charge on any atom is -0.478 e. The molecule has 0 saturated carbocycles. The Kier molecular flexibility index (Phi) is 4.81. The molecule has 1 unspecified atom stereocenters. The Hall–Kier alpha value is -2.07. The average Bonchev–Trinajstić information content (AvgIpc) is 2.44. The Morgan fingerprint density at radius 1 is 1.29 bits per heavy atom. The number of aliphatic carboxylic acids is 1. The largest absolute Gasteiger partial charge is 0.478 e. The molecule has 0 aliphatic heterocycles. The molecule has 5 heteroatoms. The molecule has 0 aliphatic carbocycles. The standard InChI is InChI=1S/C16H14ClFO3/c1-10-8-13(6-7-14(10)17)21-15(16(19)20)9-11-2-4-12(18)5-3-11/h2-8,15H,9H2,1H3,(H,19,20). The summed E-state index contributed by atoms with van der Waals surface area (Å²) in [4.78, 5) is 11.3. The maximum atomic E-state index is 12.9. The Morgan fingerprint density at radius 3 is 2.52 bits per heavy atom. The van der Waals surface area contributed by atoms with E-state index in [0.29, 0.717) is 16.3 Å². The molecule has 2 rings (SSSR count). The van der Waals surface area contributed by atoms with Crippen LogP contribution in [0.4, 0.5) is 4.39 Å². The lowest BCUT2D eigenvalue weighted by Crippen LogP contribution is -2.29. The summed E-state index contributed by atoms with van der Waals surface area (Å²) in [5.41, 5.74) is 1.49. The van der Waals surface area contributed by atoms with Gasteiger partial charge in [0, 0.05) is 11.4 Å². The van der Waals surface area contributed by atoms with E-state index >= 15 is 0 Å². The zero-order chi connectivity index (χ0) is 15.4. The van der Waals surface area contributed by atoms with E-state index in [2.05, 4.69) is 0 Å². The lowest BCUT2D eigenvalue weighted by atomic mass is 10.1. The summed E-state index contributed by atoms with van der Waals surface area (Å²) in [5.74, 6) is -1.00. The van der Waals surface area contributed by atoms with E-state index in [-0.39, 0.29) is 12.2 Å². The highest BCUT2D eigenvalue weighted by Crippen LogP contribution is 2.22. The minimum atomic E-state index is -1.08. The third kappa shape index (κ3) is 4.20. The average molecular weight is 309 g/mol. The van der Waals surface area contributed by atoms with E-state index in [1.54, 1.807) is 30.3 Å². The molecule has 110 valence electrons. The zero-order valence-electron chi connectivity index (χ0n) is 11.3. The number of aryl methyl sites for hydroxylation is 1. The molecule has 0 saturated heterocycles. The lowest BCUT2D eigenvalue weighted by Gasteiger charge is -2.16. The number of carboxylic acids is 1. The fraction of sp³-hybridized carbons (Fsp3) is 0.188. The molecule has 0 fully saturated rings. The second kappa shape index (κ2) is 6.59. The molecule has 2 aromatic carbocycles. The maximum Gasteiger partial charge on any atom is 0.345 e. The number of halogens is 2. The van der Waals surface area contributed by atoms with Gasteiger partial charge in [-0.2, -0.15) is 0 Å². The number of hydrogen-bond acceptors (Lipinski definition) is 2. The first-order valence-electron chi connectivity index (χ1n) is 6.36. The van der Waals surface area contributed by atoms with Crippen LogP contribution in [0.15, 0.2) is 42.5 Å². The van der Waals surface area contributed by atoms with Crippen LogP contribution in [0.3, 0.4) is 0 Å². The fourth-order valence-electron chi connectivity index (χ4n) is 1.87. The second-order valence-corrected chi connectivity index (χ2v) is 5.09. The van der Waals surface area contributed by atoms with Gasteiger partial charge in [-0.25, -0.2) is 9.18 Å². The van der Waals surface area contributed by atoms with Crippen LogP contribution in [0.25, 0.3) is 0 Å². The lowest BCUT2D eigenvalue weighted by molar-refractivity contribution is -0.145. The second-order valence-electron chi connectivity index (χ2n) is 4.69. The van der Waals surface area contributed by atoms with Gasteiger partial charge in [0.1, 0.15) is 11.6 Å². The first-order valence-corrected chi connectivity index (χ1v) is 6.73. The number of carbonyl (C=O) groups is 1. The summed E-state index contributed by atoms with van der Waals surface area (Å²) in [5, 5.41) is 9.84. The minimum absolute atomic E-state index is 0.150. The van der Waals surface area contributed by atoms with Crippen LogP contribution in [0.5, 0.6) is 5.75 Å². The highest BCUT2D eigenvalue weighted by atomic mass is 35.5. The molecule has 0 heterocycles. The van der Waals surface area contributed by atoms with Gasteiger partial charge in [-0.05, 0) is 48.4 Å². The molecule has 0 radical (unpaired) electrons. The van der Waals surface area contributed by atoms with Gasteiger partial charge in [-0.3, -0.25) is 0 Å². The van der Waals surface area contributed by atoms with Gasteiger partial charge in [0.15, 0.2) is 6.10 Å². The Morgan fingerprint density at radius 2 is 1.95 bits per heavy atom. The highest BCUT2D eigenvalue weighted by Gasteiger charge is 2.20. The molecule has 0 amide bonds. The summed E-state index contributed by atoms with van der Waals surface area (Å²) in [6, 6.07) is 10.6. The number of benzene rings is 2. The quantitative estimate of drug-likeness (QED) is 0.912. The van der Waals surface area contributed by atoms with Crippen LogP contribution in [0, 0.1) is 12.7 Å². The van der Waals surface area contributed by atoms with Crippen molar-refractivity contribution in [1.29, 1.82) is 0 Å². The molecule has 3 nitrogen and oxygen atoms in total. The van der Waals surface area contributed by atoms with Crippen molar-refractivity contribution in [2.45, 2.75) is 19.4 Å². The van der Waals surface area contributed by atoms with Crippen molar-refractivity contribution in [2.24, 2.45) is 0 Å². The molecule has 2 aromatic rings. The number of rotatable bonds is 5. The van der Waals surface area contributed by atoms with Gasteiger partial charge in [0.05, 0.1) is 0 Å². The van der Waals surface area contributed by atoms with Gasteiger partial charge in [-0.1, -0.05) is 23.7 Å². The van der Waals surface area contributed by atoms with Gasteiger partial charge < -0.3 is 9.84 Å². The smallest absolute Gasteiger partial charge is 0.345 e. The summed E-state index contributed by atoms with van der Waals surface area (Å²) >= 11 is 5.92. The SMILES string of the molecule is Cc1cc(OC(Cc2ccc(F)cc2)C(=O)O)ccc1Cl. The van der Waals surface area contributed by atoms with Gasteiger partial charge in [-0.15, -0.1) is 0 Å². The Labute approximate surface area is 126 Å². The van der Waals surface area contributed by atoms with Crippen LogP contribution in [0.1, 0.15) is 11.1 Å². The van der Waals surface area contributed by atoms with Crippen molar-refractivity contribution in [1.82, 2.24) is 0 Å². The van der Waals surface area contributed by atoms with E-state index in [1.165, 1.54) is 12.1 Å². The van der Waals surface area contributed by atoms with Crippen LogP contribution < -0.4 is 4.74 Å². The van der Waals surface area contributed by atoms with Crippen LogP contribution >= 0.6 is 11.6 Å². The normalized spacial score (nSPS) is 12.0. The topological polar surface area (TPSA) is 46.5 Å². The Balaban J connectivity index is 2.13. The van der Waals surface area contributed by atoms with Crippen molar-refractivity contribution < 1.29 is 19.0 Å². The predicted molar refractivity (Wildman–Crippen MR) is 78.3 cm³/mol. The predicted octanol–water partition coefficient (Wildman–Crippen LogP) is 3.86. The molecular weight excluding hydrogens is 295 g/mol. The molecule has 0 aliphatic rings. The van der Waals surface area contributed by atoms with Crippen molar-refractivity contribution in [3.63, 3.8) is 0 Å². The van der Waals surface area contributed by atoms with E-state index < -0.39 is 12.1 Å². The maximum absolute atomic E-state index is 12.9. The number of ether oxygens (including phenoxy) is 1. The van der Waals surface area contributed by atoms with Gasteiger partial charge in [0.25, 0.3) is 0 Å². The molecule has 0 spiro atoms. The third-order valence-corrected chi connectivity index (χ3v) is 3.44. The van der Waals surface area contributed by atoms with E-state index in [1.807, 2.05) is 6.92 Å². The first-order chi connectivity index (χ1) is 9.95. The van der Waals surface area contributed by atoms with Crippen LogP contribution in [0.2, 0.25) is 5.02 Å². The van der Waals surface area contributed by atoms with E-state index in [9.17, 15) is 14.3 Å². The van der Waals surface area contributed by atoms with E-state index in [0.717, 1.165) is 5.56 Å². The first kappa shape index (κ1) is 15.3. The number of carboxylic acid groups (broad SMARTS) is 1. The number of hydrogen-bond donors (Lipinski definition) is 1. The molecule has 1 N–H and O–H groups in total. The fourth-order valence-corrected chi connectivity index (χ4v) is 1.99. The van der Waals surface area contributed by atoms with Gasteiger partial charge >= 0.3 is 5.97 Å². The molecular formula is C16H14ClFO3. The molecule has 1 atom stereocenters. The highest BCUT2D eigenvalue weighted by molar-refractivity contribution is 6.31. The van der Waals surface area contributed by atoms with Crippen LogP contribution in [-0.2, 0) is 11.2 Å². The van der Waals surface area contributed by atoms with E-state index in [4.69, 9.17) is 16.3 Å². The molecule has 0 aromatic heterocycles. The summed E-state index contributed by atoms with van der Waals surface area (Å²) in [6.07, 6.45) is -0.895. The summed E-state index contributed by atoms with van der Waals surface area (Å²) < 4.78 is 18.3. The van der Waals surface area contributed by atoms with Gasteiger partial charge in [0.2, 0.25) is 0 Å². The third-order valence-electron chi connectivity index (χ3n) is 3.02. The molecule has 0 bridgehead atoms. The summed E-state index contributed by atoms with van der Waals surface area (Å²) in [6.45, 7) is 1.81. The monoisotopic (exact) mass is 308 g/mol. The van der Waals surface area contributed by atoms with Crippen molar-refractivity contribution in [2.75, 3.05) is 0 Å².